The first kappa shape index (κ1) is 25.7. The number of non-ortho nitro benzene ring substituents is 1. The summed E-state index contributed by atoms with van der Waals surface area (Å²) >= 11 is 1.11. The number of benzene rings is 3. The van der Waals surface area contributed by atoms with E-state index in [0.29, 0.717) is 28.5 Å². The van der Waals surface area contributed by atoms with Crippen LogP contribution in [0.25, 0.3) is 5.76 Å². The van der Waals surface area contributed by atoms with Crippen LogP contribution >= 0.6 is 11.3 Å². The average Bonchev–Trinajstić information content (AvgIpc) is 3.47. The van der Waals surface area contributed by atoms with Gasteiger partial charge in [-0.2, -0.15) is 0 Å². The average molecular weight is 543 g/mol. The van der Waals surface area contributed by atoms with Crippen LogP contribution in [0.4, 0.5) is 10.8 Å². The van der Waals surface area contributed by atoms with Crippen molar-refractivity contribution in [2.45, 2.75) is 26.5 Å². The molecule has 1 fully saturated rings. The Kier molecular flexibility index (Phi) is 6.90. The molecule has 39 heavy (non-hydrogen) atoms. The minimum atomic E-state index is -1.06. The second kappa shape index (κ2) is 10.5. The number of ketones is 1. The Morgan fingerprint density at radius 3 is 2.38 bits per heavy atom. The van der Waals surface area contributed by atoms with E-state index in [2.05, 4.69) is 10.2 Å². The lowest BCUT2D eigenvalue weighted by atomic mass is 9.95. The van der Waals surface area contributed by atoms with Crippen LogP contribution in [-0.4, -0.2) is 31.9 Å². The van der Waals surface area contributed by atoms with Crippen LogP contribution in [0.2, 0.25) is 0 Å². The fourth-order valence-electron chi connectivity index (χ4n) is 4.34. The van der Waals surface area contributed by atoms with Gasteiger partial charge in [-0.25, -0.2) is 0 Å². The van der Waals surface area contributed by atoms with Gasteiger partial charge in [-0.1, -0.05) is 41.2 Å². The molecule has 5 rings (SSSR count). The number of hydrogen-bond donors (Lipinski definition) is 1. The van der Waals surface area contributed by atoms with Crippen molar-refractivity contribution in [1.29, 1.82) is 0 Å². The zero-order valence-electron chi connectivity index (χ0n) is 20.9. The SMILES string of the molecule is Cc1cccc(COc2ccc(C(O)=C3C(=O)C(=O)N(c4nnc(C)s4)[C@H]3c3ccc([N+](=O)[O-])cc3)cc2)c1. The number of aryl methyl sites for hydroxylation is 2. The molecule has 0 spiro atoms. The third-order valence-corrected chi connectivity index (χ3v) is 7.04. The van der Waals surface area contributed by atoms with Gasteiger partial charge >= 0.3 is 5.91 Å². The molecule has 0 saturated carbocycles. The Hall–Kier alpha value is -4.90. The van der Waals surface area contributed by atoms with Crippen LogP contribution in [0.3, 0.4) is 0 Å². The predicted molar refractivity (Wildman–Crippen MR) is 144 cm³/mol. The summed E-state index contributed by atoms with van der Waals surface area (Å²) in [5.41, 5.74) is 2.53. The van der Waals surface area contributed by atoms with Gasteiger partial charge in [0, 0.05) is 17.7 Å². The zero-order valence-corrected chi connectivity index (χ0v) is 21.7. The molecule has 1 saturated heterocycles. The molecule has 10 nitrogen and oxygen atoms in total. The topological polar surface area (TPSA) is 136 Å². The number of aliphatic hydroxyl groups excluding tert-OH is 1. The first-order valence-corrected chi connectivity index (χ1v) is 12.7. The van der Waals surface area contributed by atoms with Crippen LogP contribution in [0, 0.1) is 24.0 Å². The lowest BCUT2D eigenvalue weighted by Gasteiger charge is -2.22. The maximum absolute atomic E-state index is 13.2. The van der Waals surface area contributed by atoms with Crippen LogP contribution in [0.1, 0.15) is 33.3 Å². The number of amides is 1. The molecule has 3 aromatic carbocycles. The van der Waals surface area contributed by atoms with Gasteiger partial charge in [-0.05, 0) is 61.4 Å². The Morgan fingerprint density at radius 1 is 1.05 bits per heavy atom. The van der Waals surface area contributed by atoms with Crippen molar-refractivity contribution in [1.82, 2.24) is 10.2 Å². The highest BCUT2D eigenvalue weighted by atomic mass is 32.1. The van der Waals surface area contributed by atoms with E-state index in [0.717, 1.165) is 22.5 Å². The minimum Gasteiger partial charge on any atom is -0.507 e. The molecule has 1 aromatic heterocycles. The number of hydrogen-bond acceptors (Lipinski definition) is 9. The number of aliphatic hydroxyl groups is 1. The van der Waals surface area contributed by atoms with E-state index in [9.17, 15) is 24.8 Å². The third-order valence-electron chi connectivity index (χ3n) is 6.20. The number of carbonyl (C=O) groups excluding carboxylic acids is 2. The molecular weight excluding hydrogens is 520 g/mol. The van der Waals surface area contributed by atoms with E-state index < -0.39 is 22.7 Å². The molecule has 2 heterocycles. The Bertz CT molecular complexity index is 1610. The molecule has 1 N–H and O–H groups in total. The van der Waals surface area contributed by atoms with E-state index in [1.54, 1.807) is 31.2 Å². The molecular formula is C28H22N4O6S. The molecule has 0 aliphatic carbocycles. The van der Waals surface area contributed by atoms with E-state index in [-0.39, 0.29) is 22.2 Å². The Labute approximate surface area is 227 Å². The first-order chi connectivity index (χ1) is 18.7. The van der Waals surface area contributed by atoms with Crippen molar-refractivity contribution in [2.75, 3.05) is 4.90 Å². The third kappa shape index (κ3) is 5.12. The van der Waals surface area contributed by atoms with Crippen molar-refractivity contribution in [3.05, 3.63) is 116 Å². The van der Waals surface area contributed by atoms with Crippen molar-refractivity contribution >= 4 is 39.6 Å². The van der Waals surface area contributed by atoms with Gasteiger partial charge in [0.2, 0.25) is 5.13 Å². The first-order valence-electron chi connectivity index (χ1n) is 11.9. The minimum absolute atomic E-state index is 0.149. The van der Waals surface area contributed by atoms with E-state index in [1.165, 1.54) is 29.2 Å². The predicted octanol–water partition coefficient (Wildman–Crippen LogP) is 5.27. The fourth-order valence-corrected chi connectivity index (χ4v) is 5.05. The van der Waals surface area contributed by atoms with Gasteiger partial charge in [0.25, 0.3) is 11.5 Å². The van der Waals surface area contributed by atoms with Gasteiger partial charge < -0.3 is 9.84 Å². The number of anilines is 1. The number of carbonyl (C=O) groups is 2. The standard InChI is InChI=1S/C28H22N4O6S/c1-16-4-3-5-18(14-16)15-38-22-12-8-20(9-13-22)25(33)23-24(19-6-10-21(11-7-19)32(36)37)31(27(35)26(23)34)28-30-29-17(2)39-28/h3-14,24,33H,15H2,1-2H3/t24-/m0/s1. The normalized spacial score (nSPS) is 16.5. The molecule has 4 aromatic rings. The molecule has 1 atom stereocenters. The van der Waals surface area contributed by atoms with Gasteiger partial charge in [0.05, 0.1) is 16.5 Å². The highest BCUT2D eigenvalue weighted by Gasteiger charge is 2.48. The quantitative estimate of drug-likeness (QED) is 0.110. The highest BCUT2D eigenvalue weighted by molar-refractivity contribution is 7.15. The summed E-state index contributed by atoms with van der Waals surface area (Å²) in [6.07, 6.45) is 0. The fraction of sp³-hybridized carbons (Fsp3) is 0.143. The zero-order chi connectivity index (χ0) is 27.7. The van der Waals surface area contributed by atoms with Gasteiger partial charge in [-0.3, -0.25) is 24.6 Å². The molecule has 1 aliphatic heterocycles. The molecule has 11 heteroatoms. The van der Waals surface area contributed by atoms with Gasteiger partial charge in [0.1, 0.15) is 23.1 Å². The van der Waals surface area contributed by atoms with E-state index in [1.807, 2.05) is 31.2 Å². The Morgan fingerprint density at radius 2 is 1.77 bits per heavy atom. The summed E-state index contributed by atoms with van der Waals surface area (Å²) in [6, 6.07) is 18.9. The number of Topliss-reactive ketones (excluding diaryl/α,β-unsaturated/α-hetero) is 1. The second-order valence-corrected chi connectivity index (χ2v) is 10.1. The summed E-state index contributed by atoms with van der Waals surface area (Å²) in [5, 5.41) is 31.2. The number of rotatable bonds is 7. The number of nitro benzene ring substituents is 1. The number of nitro groups is 1. The van der Waals surface area contributed by atoms with Crippen LogP contribution in [-0.2, 0) is 16.2 Å². The number of nitrogens with zero attached hydrogens (tertiary/aromatic N) is 4. The maximum Gasteiger partial charge on any atom is 0.301 e. The summed E-state index contributed by atoms with van der Waals surface area (Å²) < 4.78 is 5.85. The van der Waals surface area contributed by atoms with Gasteiger partial charge in [-0.15, -0.1) is 10.2 Å². The van der Waals surface area contributed by atoms with Crippen molar-refractivity contribution in [2.24, 2.45) is 0 Å². The van der Waals surface area contributed by atoms with Crippen LogP contribution in [0.5, 0.6) is 5.75 Å². The highest BCUT2D eigenvalue weighted by Crippen LogP contribution is 2.43. The summed E-state index contributed by atoms with van der Waals surface area (Å²) in [5.74, 6) is -1.60. The number of ether oxygens (including phenoxy) is 1. The van der Waals surface area contributed by atoms with Gasteiger partial charge in [0.15, 0.2) is 0 Å². The summed E-state index contributed by atoms with van der Waals surface area (Å²) in [6.45, 7) is 4.07. The smallest absolute Gasteiger partial charge is 0.301 e. The summed E-state index contributed by atoms with van der Waals surface area (Å²) in [4.78, 5) is 38.2. The van der Waals surface area contributed by atoms with Crippen LogP contribution in [0.15, 0.2) is 78.4 Å². The van der Waals surface area contributed by atoms with E-state index in [4.69, 9.17) is 4.74 Å². The maximum atomic E-state index is 13.2. The van der Waals surface area contributed by atoms with E-state index >= 15 is 0 Å². The second-order valence-electron chi connectivity index (χ2n) is 8.92. The Balaban J connectivity index is 1.51. The monoisotopic (exact) mass is 542 g/mol. The van der Waals surface area contributed by atoms with Crippen LogP contribution < -0.4 is 9.64 Å². The molecule has 1 amide bonds. The molecule has 0 unspecified atom stereocenters. The molecule has 0 radical (unpaired) electrons. The molecule has 0 bridgehead atoms. The summed E-state index contributed by atoms with van der Waals surface area (Å²) in [7, 11) is 0. The molecule has 196 valence electrons. The van der Waals surface area contributed by atoms with Crippen molar-refractivity contribution in [3.8, 4) is 5.75 Å². The van der Waals surface area contributed by atoms with Crippen molar-refractivity contribution in [3.63, 3.8) is 0 Å². The van der Waals surface area contributed by atoms with Crippen molar-refractivity contribution < 1.29 is 24.4 Å². The lowest BCUT2D eigenvalue weighted by molar-refractivity contribution is -0.384. The number of aromatic nitrogens is 2. The lowest BCUT2D eigenvalue weighted by Crippen LogP contribution is -2.29. The largest absolute Gasteiger partial charge is 0.507 e. The molecule has 1 aliphatic rings.